The van der Waals surface area contributed by atoms with E-state index in [0.717, 1.165) is 12.5 Å². The molecule has 2 nitrogen and oxygen atoms in total. The lowest BCUT2D eigenvalue weighted by atomic mass is 9.91. The number of aryl methyl sites for hydroxylation is 1. The molecule has 1 aliphatic carbocycles. The average Bonchev–Trinajstić information content (AvgIpc) is 2.17. The van der Waals surface area contributed by atoms with Crippen molar-refractivity contribution in [1.82, 2.24) is 0 Å². The molecule has 2 rings (SSSR count). The highest BCUT2D eigenvalue weighted by Crippen LogP contribution is 2.29. The highest BCUT2D eigenvalue weighted by Gasteiger charge is 2.22. The predicted molar refractivity (Wildman–Crippen MR) is 74.6 cm³/mol. The molecule has 0 heterocycles. The van der Waals surface area contributed by atoms with E-state index in [-0.39, 0.29) is 6.04 Å². The fourth-order valence-corrected chi connectivity index (χ4v) is 2.46. The van der Waals surface area contributed by atoms with Crippen LogP contribution in [0.25, 0.3) is 0 Å². The molecule has 1 atom stereocenters. The first kappa shape index (κ1) is 12.4. The zero-order valence-electron chi connectivity index (χ0n) is 11.2. The molecule has 1 fully saturated rings. The lowest BCUT2D eigenvalue weighted by Crippen LogP contribution is -2.37. The maximum Gasteiger partial charge on any atom is 0.0368 e. The summed E-state index contributed by atoms with van der Waals surface area (Å²) in [5, 5.41) is 0. The number of nitrogens with zero attached hydrogens (tertiary/aromatic N) is 1. The molecular formula is C15H24N2. The highest BCUT2D eigenvalue weighted by atomic mass is 15.1. The monoisotopic (exact) mass is 232 g/mol. The standard InChI is InChI=1S/C15H24N2/c1-11-9-15(17(3)14-5-4-6-14)8-7-13(11)10-12(2)16/h7-9,12,14H,4-6,10,16H2,1-3H3. The third-order valence-electron chi connectivity index (χ3n) is 3.90. The van der Waals surface area contributed by atoms with Gasteiger partial charge in [-0.25, -0.2) is 0 Å². The summed E-state index contributed by atoms with van der Waals surface area (Å²) >= 11 is 0. The van der Waals surface area contributed by atoms with Gasteiger partial charge in [-0.1, -0.05) is 6.07 Å². The second-order valence-electron chi connectivity index (χ2n) is 5.49. The first-order chi connectivity index (χ1) is 8.08. The van der Waals surface area contributed by atoms with Crippen molar-refractivity contribution in [3.8, 4) is 0 Å². The normalized spacial score (nSPS) is 17.6. The lowest BCUT2D eigenvalue weighted by Gasteiger charge is -2.36. The van der Waals surface area contributed by atoms with Gasteiger partial charge in [0.15, 0.2) is 0 Å². The minimum Gasteiger partial charge on any atom is -0.372 e. The molecule has 1 saturated carbocycles. The molecule has 1 aromatic carbocycles. The summed E-state index contributed by atoms with van der Waals surface area (Å²) in [6.45, 7) is 4.25. The van der Waals surface area contributed by atoms with Crippen LogP contribution in [0.15, 0.2) is 18.2 Å². The summed E-state index contributed by atoms with van der Waals surface area (Å²) in [5.74, 6) is 0. The van der Waals surface area contributed by atoms with Crippen molar-refractivity contribution in [3.63, 3.8) is 0 Å². The summed E-state index contributed by atoms with van der Waals surface area (Å²) < 4.78 is 0. The Bertz CT molecular complexity index is 381. The van der Waals surface area contributed by atoms with Crippen LogP contribution in [0.4, 0.5) is 5.69 Å². The molecule has 0 spiro atoms. The van der Waals surface area contributed by atoms with Crippen LogP contribution < -0.4 is 10.6 Å². The molecule has 0 aromatic heterocycles. The molecule has 0 amide bonds. The van der Waals surface area contributed by atoms with E-state index in [9.17, 15) is 0 Å². The first-order valence-corrected chi connectivity index (χ1v) is 6.66. The van der Waals surface area contributed by atoms with Gasteiger partial charge < -0.3 is 10.6 Å². The zero-order chi connectivity index (χ0) is 12.4. The summed E-state index contributed by atoms with van der Waals surface area (Å²) in [5.41, 5.74) is 9.95. The van der Waals surface area contributed by atoms with Crippen LogP contribution in [0, 0.1) is 6.92 Å². The van der Waals surface area contributed by atoms with E-state index in [1.165, 1.54) is 36.1 Å². The molecule has 17 heavy (non-hydrogen) atoms. The summed E-state index contributed by atoms with van der Waals surface area (Å²) in [6, 6.07) is 7.78. The Morgan fingerprint density at radius 2 is 2.12 bits per heavy atom. The molecule has 2 heteroatoms. The number of benzene rings is 1. The molecule has 0 radical (unpaired) electrons. The molecular weight excluding hydrogens is 208 g/mol. The van der Waals surface area contributed by atoms with E-state index in [1.807, 2.05) is 0 Å². The lowest BCUT2D eigenvalue weighted by molar-refractivity contribution is 0.401. The molecule has 0 bridgehead atoms. The predicted octanol–water partition coefficient (Wildman–Crippen LogP) is 2.87. The minimum absolute atomic E-state index is 0.240. The Kier molecular flexibility index (Phi) is 3.72. The van der Waals surface area contributed by atoms with Crippen LogP contribution in [-0.2, 0) is 6.42 Å². The SMILES string of the molecule is Cc1cc(N(C)C2CCC2)ccc1CC(C)N. The smallest absolute Gasteiger partial charge is 0.0368 e. The van der Waals surface area contributed by atoms with E-state index >= 15 is 0 Å². The van der Waals surface area contributed by atoms with Crippen LogP contribution >= 0.6 is 0 Å². The zero-order valence-corrected chi connectivity index (χ0v) is 11.2. The van der Waals surface area contributed by atoms with E-state index in [2.05, 4.69) is 44.0 Å². The van der Waals surface area contributed by atoms with Crippen LogP contribution in [0.1, 0.15) is 37.3 Å². The van der Waals surface area contributed by atoms with Gasteiger partial charge in [0.05, 0.1) is 0 Å². The number of hydrogen-bond acceptors (Lipinski definition) is 2. The van der Waals surface area contributed by atoms with Gasteiger partial charge in [-0.15, -0.1) is 0 Å². The van der Waals surface area contributed by atoms with E-state index < -0.39 is 0 Å². The van der Waals surface area contributed by atoms with Crippen molar-refractivity contribution in [2.75, 3.05) is 11.9 Å². The number of hydrogen-bond donors (Lipinski definition) is 1. The summed E-state index contributed by atoms with van der Waals surface area (Å²) in [4.78, 5) is 2.42. The van der Waals surface area contributed by atoms with E-state index in [0.29, 0.717) is 0 Å². The van der Waals surface area contributed by atoms with E-state index in [4.69, 9.17) is 5.73 Å². The van der Waals surface area contributed by atoms with E-state index in [1.54, 1.807) is 0 Å². The molecule has 0 aliphatic heterocycles. The number of nitrogens with two attached hydrogens (primary N) is 1. The molecule has 1 aliphatic rings. The van der Waals surface area contributed by atoms with Crippen molar-refractivity contribution in [2.45, 2.75) is 51.6 Å². The third kappa shape index (κ3) is 2.81. The van der Waals surface area contributed by atoms with Crippen LogP contribution in [-0.4, -0.2) is 19.1 Å². The fraction of sp³-hybridized carbons (Fsp3) is 0.600. The van der Waals surface area contributed by atoms with Gasteiger partial charge in [0, 0.05) is 24.8 Å². The second-order valence-corrected chi connectivity index (χ2v) is 5.49. The first-order valence-electron chi connectivity index (χ1n) is 6.66. The second kappa shape index (κ2) is 5.09. The molecule has 94 valence electrons. The van der Waals surface area contributed by atoms with Crippen LogP contribution in [0.3, 0.4) is 0 Å². The highest BCUT2D eigenvalue weighted by molar-refractivity contribution is 5.51. The Balaban J connectivity index is 2.12. The average molecular weight is 232 g/mol. The minimum atomic E-state index is 0.240. The third-order valence-corrected chi connectivity index (χ3v) is 3.90. The van der Waals surface area contributed by atoms with Gasteiger partial charge in [-0.05, 0) is 62.8 Å². The molecule has 1 unspecified atom stereocenters. The van der Waals surface area contributed by atoms with Crippen molar-refractivity contribution in [1.29, 1.82) is 0 Å². The largest absolute Gasteiger partial charge is 0.372 e. The number of rotatable bonds is 4. The van der Waals surface area contributed by atoms with Gasteiger partial charge in [0.2, 0.25) is 0 Å². The summed E-state index contributed by atoms with van der Waals surface area (Å²) in [7, 11) is 2.21. The molecule has 0 saturated heterocycles. The number of anilines is 1. The van der Waals surface area contributed by atoms with Crippen LogP contribution in [0.2, 0.25) is 0 Å². The Labute approximate surface area is 105 Å². The maximum absolute atomic E-state index is 5.86. The molecule has 2 N–H and O–H groups in total. The summed E-state index contributed by atoms with van der Waals surface area (Å²) in [6.07, 6.45) is 5.05. The van der Waals surface area contributed by atoms with Crippen molar-refractivity contribution in [2.24, 2.45) is 5.73 Å². The van der Waals surface area contributed by atoms with Gasteiger partial charge in [0.25, 0.3) is 0 Å². The maximum atomic E-state index is 5.86. The Hall–Kier alpha value is -1.02. The van der Waals surface area contributed by atoms with Gasteiger partial charge in [-0.3, -0.25) is 0 Å². The Morgan fingerprint density at radius 3 is 2.59 bits per heavy atom. The quantitative estimate of drug-likeness (QED) is 0.865. The van der Waals surface area contributed by atoms with Crippen molar-refractivity contribution < 1.29 is 0 Å². The van der Waals surface area contributed by atoms with Gasteiger partial charge in [0.1, 0.15) is 0 Å². The van der Waals surface area contributed by atoms with Crippen LogP contribution in [0.5, 0.6) is 0 Å². The fourth-order valence-electron chi connectivity index (χ4n) is 2.46. The van der Waals surface area contributed by atoms with Crippen molar-refractivity contribution in [3.05, 3.63) is 29.3 Å². The van der Waals surface area contributed by atoms with Gasteiger partial charge >= 0.3 is 0 Å². The van der Waals surface area contributed by atoms with Gasteiger partial charge in [-0.2, -0.15) is 0 Å². The topological polar surface area (TPSA) is 29.3 Å². The Morgan fingerprint density at radius 1 is 1.41 bits per heavy atom. The van der Waals surface area contributed by atoms with Crippen molar-refractivity contribution >= 4 is 5.69 Å². The molecule has 1 aromatic rings.